The van der Waals surface area contributed by atoms with E-state index in [1.165, 1.54) is 13.2 Å². The summed E-state index contributed by atoms with van der Waals surface area (Å²) in [5.41, 5.74) is 0.370. The maximum atomic E-state index is 12.1. The van der Waals surface area contributed by atoms with Crippen LogP contribution in [0.2, 0.25) is 0 Å². The summed E-state index contributed by atoms with van der Waals surface area (Å²) >= 11 is 0. The molecule has 0 amide bonds. The highest BCUT2D eigenvalue weighted by Crippen LogP contribution is 2.41. The van der Waals surface area contributed by atoms with Crippen LogP contribution in [0, 0.1) is 6.92 Å². The molecule has 0 radical (unpaired) electrons. The van der Waals surface area contributed by atoms with Crippen molar-refractivity contribution in [3.8, 4) is 17.2 Å². The second-order valence-corrected chi connectivity index (χ2v) is 5.25. The molecule has 6 heteroatoms. The minimum absolute atomic E-state index is 0.0466. The molecule has 1 aromatic heterocycles. The van der Waals surface area contributed by atoms with E-state index >= 15 is 0 Å². The predicted molar refractivity (Wildman–Crippen MR) is 81.4 cm³/mol. The largest absolute Gasteiger partial charge is 0.497 e. The minimum Gasteiger partial charge on any atom is -0.497 e. The van der Waals surface area contributed by atoms with Crippen molar-refractivity contribution in [3.63, 3.8) is 0 Å². The fraction of sp³-hybridized carbons (Fsp3) is 0.294. The molecule has 0 spiro atoms. The van der Waals surface area contributed by atoms with E-state index in [1.54, 1.807) is 32.2 Å². The number of rotatable bonds is 3. The lowest BCUT2D eigenvalue weighted by molar-refractivity contribution is -0.136. The highest BCUT2D eigenvalue weighted by Gasteiger charge is 2.34. The van der Waals surface area contributed by atoms with Gasteiger partial charge >= 0.3 is 5.97 Å². The first kappa shape index (κ1) is 15.1. The van der Waals surface area contributed by atoms with Crippen molar-refractivity contribution < 1.29 is 23.4 Å². The van der Waals surface area contributed by atoms with Gasteiger partial charge in [-0.25, -0.2) is 0 Å². The van der Waals surface area contributed by atoms with Crippen molar-refractivity contribution >= 4 is 5.97 Å². The molecular weight excluding hydrogens is 300 g/mol. The van der Waals surface area contributed by atoms with Crippen LogP contribution >= 0.6 is 0 Å². The van der Waals surface area contributed by atoms with E-state index in [2.05, 4.69) is 0 Å². The molecule has 120 valence electrons. The van der Waals surface area contributed by atoms with Crippen molar-refractivity contribution in [2.75, 3.05) is 14.2 Å². The van der Waals surface area contributed by atoms with Crippen LogP contribution in [-0.4, -0.2) is 20.2 Å². The fourth-order valence-corrected chi connectivity index (χ4v) is 2.72. The van der Waals surface area contributed by atoms with Gasteiger partial charge in [0.1, 0.15) is 17.3 Å². The van der Waals surface area contributed by atoms with Crippen LogP contribution in [0.15, 0.2) is 33.5 Å². The quantitative estimate of drug-likeness (QED) is 0.810. The molecule has 0 bridgehead atoms. The van der Waals surface area contributed by atoms with Gasteiger partial charge in [-0.2, -0.15) is 0 Å². The number of benzene rings is 1. The molecule has 0 N–H and O–H groups in total. The zero-order valence-corrected chi connectivity index (χ0v) is 13.0. The van der Waals surface area contributed by atoms with E-state index in [0.717, 1.165) is 5.56 Å². The Labute approximate surface area is 132 Å². The second-order valence-electron chi connectivity index (χ2n) is 5.25. The number of carbonyl (C=O) groups is 1. The van der Waals surface area contributed by atoms with Gasteiger partial charge < -0.3 is 18.6 Å². The van der Waals surface area contributed by atoms with Crippen LogP contribution in [0.1, 0.15) is 29.4 Å². The van der Waals surface area contributed by atoms with Crippen molar-refractivity contribution in [1.82, 2.24) is 0 Å². The van der Waals surface area contributed by atoms with Crippen LogP contribution < -0.4 is 19.6 Å². The van der Waals surface area contributed by atoms with E-state index in [4.69, 9.17) is 18.6 Å². The lowest BCUT2D eigenvalue weighted by atomic mass is 9.90. The number of carbonyl (C=O) groups excluding carboxylic acids is 1. The Bertz CT molecular complexity index is 820. The minimum atomic E-state index is -0.475. The van der Waals surface area contributed by atoms with E-state index < -0.39 is 11.9 Å². The summed E-state index contributed by atoms with van der Waals surface area (Å²) in [5.74, 6) is 1.03. The number of esters is 1. The van der Waals surface area contributed by atoms with Crippen molar-refractivity contribution in [2.24, 2.45) is 0 Å². The van der Waals surface area contributed by atoms with Crippen molar-refractivity contribution in [3.05, 3.63) is 51.6 Å². The molecule has 1 aromatic carbocycles. The summed E-state index contributed by atoms with van der Waals surface area (Å²) in [5, 5.41) is 0. The van der Waals surface area contributed by atoms with Gasteiger partial charge in [0.25, 0.3) is 0 Å². The molecule has 1 aliphatic rings. The average molecular weight is 316 g/mol. The van der Waals surface area contributed by atoms with Gasteiger partial charge in [0.05, 0.1) is 26.6 Å². The first-order valence-electron chi connectivity index (χ1n) is 7.10. The van der Waals surface area contributed by atoms with E-state index in [-0.39, 0.29) is 17.6 Å². The normalized spacial score (nSPS) is 16.5. The molecule has 0 saturated heterocycles. The Morgan fingerprint density at radius 1 is 1.13 bits per heavy atom. The number of methoxy groups -OCH3 is 2. The fourth-order valence-electron chi connectivity index (χ4n) is 2.72. The number of hydrogen-bond donors (Lipinski definition) is 0. The molecule has 2 heterocycles. The van der Waals surface area contributed by atoms with Crippen molar-refractivity contribution in [1.29, 1.82) is 0 Å². The number of fused-ring (bicyclic) bond motifs is 1. The third-order valence-corrected chi connectivity index (χ3v) is 3.77. The Hall–Kier alpha value is -2.76. The standard InChI is InChI=1S/C17H16O6/c1-9-6-13(18)17-16(22-9)12(8-15(19)23-17)11-5-4-10(20-2)7-14(11)21-3/h4-7,12H,8H2,1-3H3. The van der Waals surface area contributed by atoms with Crippen LogP contribution in [0.3, 0.4) is 0 Å². The zero-order valence-electron chi connectivity index (χ0n) is 13.0. The molecule has 0 fully saturated rings. The third kappa shape index (κ3) is 2.67. The van der Waals surface area contributed by atoms with Crippen LogP contribution in [0.25, 0.3) is 0 Å². The van der Waals surface area contributed by atoms with Crippen LogP contribution in [-0.2, 0) is 4.79 Å². The molecular formula is C17H16O6. The molecule has 1 atom stereocenters. The average Bonchev–Trinajstić information content (AvgIpc) is 2.54. The second kappa shape index (κ2) is 5.79. The molecule has 1 aliphatic heterocycles. The van der Waals surface area contributed by atoms with Gasteiger partial charge in [0.2, 0.25) is 11.2 Å². The van der Waals surface area contributed by atoms with Gasteiger partial charge in [-0.1, -0.05) is 6.07 Å². The lowest BCUT2D eigenvalue weighted by Crippen LogP contribution is -2.26. The molecule has 0 saturated carbocycles. The Morgan fingerprint density at radius 2 is 1.91 bits per heavy atom. The Balaban J connectivity index is 2.19. The number of aryl methyl sites for hydroxylation is 1. The summed E-state index contributed by atoms with van der Waals surface area (Å²) in [4.78, 5) is 24.0. The summed E-state index contributed by atoms with van der Waals surface area (Å²) in [7, 11) is 3.09. The first-order valence-corrected chi connectivity index (χ1v) is 7.10. The summed E-state index contributed by atoms with van der Waals surface area (Å²) < 4.78 is 21.3. The molecule has 6 nitrogen and oxygen atoms in total. The van der Waals surface area contributed by atoms with Gasteiger partial charge in [0.15, 0.2) is 5.76 Å². The number of hydrogen-bond acceptors (Lipinski definition) is 6. The molecule has 1 unspecified atom stereocenters. The maximum absolute atomic E-state index is 12.1. The Morgan fingerprint density at radius 3 is 2.61 bits per heavy atom. The van der Waals surface area contributed by atoms with Gasteiger partial charge in [-0.15, -0.1) is 0 Å². The summed E-state index contributed by atoms with van der Waals surface area (Å²) in [6.07, 6.45) is 0.0715. The summed E-state index contributed by atoms with van der Waals surface area (Å²) in [6.45, 7) is 1.68. The van der Waals surface area contributed by atoms with Gasteiger partial charge in [-0.05, 0) is 13.0 Å². The SMILES string of the molecule is COc1ccc(C2CC(=O)Oc3c2oc(C)cc3=O)c(OC)c1. The molecule has 23 heavy (non-hydrogen) atoms. The van der Waals surface area contributed by atoms with Gasteiger partial charge in [0, 0.05) is 17.7 Å². The first-order chi connectivity index (χ1) is 11.0. The van der Waals surface area contributed by atoms with E-state index in [9.17, 15) is 9.59 Å². The van der Waals surface area contributed by atoms with E-state index in [0.29, 0.717) is 23.0 Å². The smallest absolute Gasteiger partial charge is 0.312 e. The van der Waals surface area contributed by atoms with Crippen molar-refractivity contribution in [2.45, 2.75) is 19.3 Å². The van der Waals surface area contributed by atoms with Crippen LogP contribution in [0.4, 0.5) is 0 Å². The third-order valence-electron chi connectivity index (χ3n) is 3.77. The predicted octanol–water partition coefficient (Wildman–Crippen LogP) is 2.41. The Kier molecular flexibility index (Phi) is 3.82. The lowest BCUT2D eigenvalue weighted by Gasteiger charge is -2.24. The highest BCUT2D eigenvalue weighted by molar-refractivity contribution is 5.77. The summed E-state index contributed by atoms with van der Waals surface area (Å²) in [6, 6.07) is 6.60. The topological polar surface area (TPSA) is 75.0 Å². The maximum Gasteiger partial charge on any atom is 0.312 e. The number of ether oxygens (including phenoxy) is 3. The molecule has 3 rings (SSSR count). The molecule has 2 aromatic rings. The highest BCUT2D eigenvalue weighted by atomic mass is 16.5. The van der Waals surface area contributed by atoms with E-state index in [1.807, 2.05) is 0 Å². The monoisotopic (exact) mass is 316 g/mol. The molecule has 0 aliphatic carbocycles. The van der Waals surface area contributed by atoms with Crippen LogP contribution in [0.5, 0.6) is 17.2 Å². The van der Waals surface area contributed by atoms with Gasteiger partial charge in [-0.3, -0.25) is 9.59 Å². The zero-order chi connectivity index (χ0) is 16.6.